The molecule has 0 aliphatic carbocycles. The van der Waals surface area contributed by atoms with Crippen LogP contribution < -0.4 is 37.9 Å². The van der Waals surface area contributed by atoms with Gasteiger partial charge in [0.1, 0.15) is 23.0 Å². The van der Waals surface area contributed by atoms with Crippen molar-refractivity contribution in [1.82, 2.24) is 0 Å². The highest BCUT2D eigenvalue weighted by Gasteiger charge is 2.36. The van der Waals surface area contributed by atoms with E-state index in [9.17, 15) is 28.8 Å². The summed E-state index contributed by atoms with van der Waals surface area (Å²) in [6, 6.07) is 18.7. The molecule has 14 heteroatoms. The van der Waals surface area contributed by atoms with Gasteiger partial charge in [0.2, 0.25) is 0 Å². The van der Waals surface area contributed by atoms with Crippen molar-refractivity contribution in [3.8, 4) is 46.0 Å². The summed E-state index contributed by atoms with van der Waals surface area (Å²) in [5, 5.41) is 0. The number of hydrogen-bond acceptors (Lipinski definition) is 14. The van der Waals surface area contributed by atoms with Crippen LogP contribution in [0.3, 0.4) is 0 Å². The molecular weight excluding hydrogens is 704 g/mol. The van der Waals surface area contributed by atoms with Gasteiger partial charge >= 0.3 is 35.8 Å². The molecule has 0 fully saturated rings. The molecule has 0 saturated heterocycles. The third kappa shape index (κ3) is 10.3. The van der Waals surface area contributed by atoms with Crippen molar-refractivity contribution in [3.63, 3.8) is 0 Å². The predicted octanol–water partition coefficient (Wildman–Crippen LogP) is 6.66. The van der Waals surface area contributed by atoms with Crippen LogP contribution in [-0.2, 0) is 28.8 Å². The van der Waals surface area contributed by atoms with E-state index in [-0.39, 0.29) is 34.5 Å². The number of esters is 6. The molecule has 1 aliphatic rings. The van der Waals surface area contributed by atoms with Crippen LogP contribution in [0.2, 0.25) is 0 Å². The maximum absolute atomic E-state index is 12.0. The fourth-order valence-corrected chi connectivity index (χ4v) is 5.42. The van der Waals surface area contributed by atoms with Gasteiger partial charge in [-0.25, -0.2) is 0 Å². The minimum Gasteiger partial charge on any atom is -0.478 e. The molecule has 0 N–H and O–H groups in total. The van der Waals surface area contributed by atoms with Gasteiger partial charge in [-0.2, -0.15) is 0 Å². The molecule has 0 unspecified atom stereocenters. The van der Waals surface area contributed by atoms with Crippen LogP contribution in [0.5, 0.6) is 46.0 Å². The standard InChI is InChI=1S/C40H34O14/c1-21(41)47-31-13-28(14-32(19-31)48-22(2)42)8-7-27-9-11-36-37(15-27)54-40(30-16-33(49-23(3)43)20-34(17-30)50-24(4)44)39(53-36)29-10-12-35(51-25(5)45)38(18-29)52-26(6)46/h7-20,39-40H,1-6H3/t39-,40-/m1/s1. The number of hydrogen-bond donors (Lipinski definition) is 0. The topological polar surface area (TPSA) is 176 Å². The van der Waals surface area contributed by atoms with E-state index in [0.29, 0.717) is 33.8 Å². The van der Waals surface area contributed by atoms with Crippen LogP contribution in [0.1, 0.15) is 76.0 Å². The normalized spacial score (nSPS) is 14.4. The Kier molecular flexibility index (Phi) is 11.8. The zero-order valence-corrected chi connectivity index (χ0v) is 30.0. The molecule has 4 aromatic carbocycles. The van der Waals surface area contributed by atoms with E-state index < -0.39 is 48.0 Å². The van der Waals surface area contributed by atoms with E-state index in [1.165, 1.54) is 77.9 Å². The fourth-order valence-electron chi connectivity index (χ4n) is 5.42. The molecule has 4 aromatic rings. The van der Waals surface area contributed by atoms with E-state index in [4.69, 9.17) is 37.9 Å². The van der Waals surface area contributed by atoms with Crippen molar-refractivity contribution in [2.45, 2.75) is 53.8 Å². The smallest absolute Gasteiger partial charge is 0.308 e. The van der Waals surface area contributed by atoms with E-state index in [1.807, 2.05) is 0 Å². The second kappa shape index (κ2) is 16.6. The van der Waals surface area contributed by atoms with Crippen molar-refractivity contribution in [3.05, 3.63) is 95.1 Å². The molecular formula is C40H34O14. The molecule has 0 amide bonds. The largest absolute Gasteiger partial charge is 0.478 e. The molecule has 278 valence electrons. The van der Waals surface area contributed by atoms with E-state index in [2.05, 4.69) is 0 Å². The van der Waals surface area contributed by atoms with Crippen LogP contribution in [0.4, 0.5) is 0 Å². The maximum Gasteiger partial charge on any atom is 0.308 e. The molecule has 0 aromatic heterocycles. The van der Waals surface area contributed by atoms with Gasteiger partial charge in [-0.15, -0.1) is 0 Å². The number of rotatable bonds is 10. The Morgan fingerprint density at radius 2 is 0.870 bits per heavy atom. The predicted molar refractivity (Wildman–Crippen MR) is 189 cm³/mol. The minimum atomic E-state index is -1.00. The number of ether oxygens (including phenoxy) is 8. The van der Waals surface area contributed by atoms with Crippen LogP contribution >= 0.6 is 0 Å². The molecule has 0 bridgehead atoms. The second-order valence-electron chi connectivity index (χ2n) is 11.9. The third-order valence-corrected chi connectivity index (χ3v) is 7.20. The molecule has 1 heterocycles. The van der Waals surface area contributed by atoms with Gasteiger partial charge in [0.15, 0.2) is 35.2 Å². The summed E-state index contributed by atoms with van der Waals surface area (Å²) in [5.74, 6) is -2.56. The summed E-state index contributed by atoms with van der Waals surface area (Å²) in [5.41, 5.74) is 2.02. The highest BCUT2D eigenvalue weighted by atomic mass is 16.6. The molecule has 0 saturated carbocycles. The zero-order valence-electron chi connectivity index (χ0n) is 30.0. The quantitative estimate of drug-likeness (QED) is 0.0958. The van der Waals surface area contributed by atoms with Crippen LogP contribution in [-0.4, -0.2) is 35.8 Å². The van der Waals surface area contributed by atoms with Crippen molar-refractivity contribution < 1.29 is 66.7 Å². The number of benzene rings is 4. The highest BCUT2D eigenvalue weighted by molar-refractivity contribution is 5.77. The fraction of sp³-hybridized carbons (Fsp3) is 0.200. The van der Waals surface area contributed by atoms with Crippen LogP contribution in [0, 0.1) is 0 Å². The van der Waals surface area contributed by atoms with E-state index in [0.717, 1.165) is 0 Å². The van der Waals surface area contributed by atoms with Gasteiger partial charge in [-0.05, 0) is 59.7 Å². The van der Waals surface area contributed by atoms with Crippen LogP contribution in [0.25, 0.3) is 12.2 Å². The Bertz CT molecular complexity index is 2110. The van der Waals surface area contributed by atoms with E-state index >= 15 is 0 Å². The molecule has 5 rings (SSSR count). The summed E-state index contributed by atoms with van der Waals surface area (Å²) in [7, 11) is 0. The van der Waals surface area contributed by atoms with Crippen molar-refractivity contribution in [2.75, 3.05) is 0 Å². The Morgan fingerprint density at radius 3 is 1.39 bits per heavy atom. The van der Waals surface area contributed by atoms with Crippen molar-refractivity contribution >= 4 is 48.0 Å². The molecule has 0 spiro atoms. The van der Waals surface area contributed by atoms with Gasteiger partial charge < -0.3 is 37.9 Å². The Balaban J connectivity index is 1.59. The SMILES string of the molecule is CC(=O)Oc1cc(C=Cc2ccc3c(c2)O[C@H](c2cc(OC(C)=O)cc(OC(C)=O)c2)[C@@H](c2ccc(OC(C)=O)c(OC(C)=O)c2)O3)cc(OC(C)=O)c1. The first-order valence-electron chi connectivity index (χ1n) is 16.3. The third-order valence-electron chi connectivity index (χ3n) is 7.20. The average molecular weight is 739 g/mol. The first-order valence-corrected chi connectivity index (χ1v) is 16.3. The Hall–Kier alpha value is -6.96. The zero-order chi connectivity index (χ0) is 39.1. The highest BCUT2D eigenvalue weighted by Crippen LogP contribution is 2.48. The minimum absolute atomic E-state index is 0.000994. The first kappa shape index (κ1) is 38.3. The lowest BCUT2D eigenvalue weighted by molar-refractivity contribution is -0.134. The van der Waals surface area contributed by atoms with Crippen molar-refractivity contribution in [2.24, 2.45) is 0 Å². The number of carbonyl (C=O) groups excluding carboxylic acids is 6. The summed E-state index contributed by atoms with van der Waals surface area (Å²) >= 11 is 0. The van der Waals surface area contributed by atoms with E-state index in [1.54, 1.807) is 48.6 Å². The molecule has 54 heavy (non-hydrogen) atoms. The Labute approximate surface area is 309 Å². The van der Waals surface area contributed by atoms with Gasteiger partial charge in [0, 0.05) is 64.8 Å². The summed E-state index contributed by atoms with van der Waals surface area (Å²) in [6.45, 7) is 7.34. The lowest BCUT2D eigenvalue weighted by Crippen LogP contribution is -2.27. The first-order chi connectivity index (χ1) is 25.6. The van der Waals surface area contributed by atoms with Gasteiger partial charge in [-0.3, -0.25) is 28.8 Å². The molecule has 0 radical (unpaired) electrons. The summed E-state index contributed by atoms with van der Waals surface area (Å²) < 4.78 is 44.8. The monoisotopic (exact) mass is 738 g/mol. The summed E-state index contributed by atoms with van der Waals surface area (Å²) in [4.78, 5) is 70.8. The average Bonchev–Trinajstić information content (AvgIpc) is 3.05. The maximum atomic E-state index is 12.0. The number of carbonyl (C=O) groups is 6. The van der Waals surface area contributed by atoms with Crippen LogP contribution in [0.15, 0.2) is 72.8 Å². The van der Waals surface area contributed by atoms with Crippen molar-refractivity contribution in [1.29, 1.82) is 0 Å². The summed E-state index contributed by atoms with van der Waals surface area (Å²) in [6.07, 6.45) is 1.49. The number of fused-ring (bicyclic) bond motifs is 1. The molecule has 2 atom stereocenters. The van der Waals surface area contributed by atoms with Gasteiger partial charge in [0.25, 0.3) is 0 Å². The lowest BCUT2D eigenvalue weighted by Gasteiger charge is -2.35. The lowest BCUT2D eigenvalue weighted by atomic mass is 9.95. The molecule has 14 nitrogen and oxygen atoms in total. The Morgan fingerprint density at radius 1 is 0.426 bits per heavy atom. The molecule has 1 aliphatic heterocycles. The van der Waals surface area contributed by atoms with Gasteiger partial charge in [-0.1, -0.05) is 24.3 Å². The van der Waals surface area contributed by atoms with Gasteiger partial charge in [0.05, 0.1) is 0 Å². The second-order valence-corrected chi connectivity index (χ2v) is 11.9.